The summed E-state index contributed by atoms with van der Waals surface area (Å²) in [4.78, 5) is 4.25. The molecule has 0 unspecified atom stereocenters. The van der Waals surface area contributed by atoms with E-state index in [9.17, 15) is 0 Å². The summed E-state index contributed by atoms with van der Waals surface area (Å²) in [6.07, 6.45) is 7.57. The van der Waals surface area contributed by atoms with Gasteiger partial charge in [-0.05, 0) is 36.2 Å². The number of rotatable bonds is 5. The zero-order valence-corrected chi connectivity index (χ0v) is 14.5. The molecule has 0 fully saturated rings. The highest BCUT2D eigenvalue weighted by atomic mass is 16.5. The van der Waals surface area contributed by atoms with Crippen LogP contribution >= 0.6 is 0 Å². The number of pyridine rings is 1. The lowest BCUT2D eigenvalue weighted by Crippen LogP contribution is -1.98. The van der Waals surface area contributed by atoms with Crippen LogP contribution in [0.1, 0.15) is 11.1 Å². The van der Waals surface area contributed by atoms with Crippen LogP contribution in [0.2, 0.25) is 0 Å². The van der Waals surface area contributed by atoms with Crippen molar-refractivity contribution in [1.82, 2.24) is 14.8 Å². The summed E-state index contributed by atoms with van der Waals surface area (Å²) in [7, 11) is 0. The first kappa shape index (κ1) is 16.1. The van der Waals surface area contributed by atoms with E-state index in [1.165, 1.54) is 0 Å². The number of ether oxygens (including phenoxy) is 1. The Morgan fingerprint density at radius 3 is 2.62 bits per heavy atom. The van der Waals surface area contributed by atoms with E-state index in [1.54, 1.807) is 0 Å². The summed E-state index contributed by atoms with van der Waals surface area (Å²) in [6.45, 7) is 2.58. The molecule has 4 rings (SSSR count). The predicted octanol–water partition coefficient (Wildman–Crippen LogP) is 4.82. The van der Waals surface area contributed by atoms with Crippen molar-refractivity contribution in [1.29, 1.82) is 0 Å². The van der Waals surface area contributed by atoms with E-state index in [0.717, 1.165) is 33.7 Å². The number of hydrogen-bond donors (Lipinski definition) is 0. The molecule has 4 heteroatoms. The zero-order chi connectivity index (χ0) is 17.8. The summed E-state index contributed by atoms with van der Waals surface area (Å²) in [5, 5.41) is 4.49. The van der Waals surface area contributed by atoms with Crippen LogP contribution in [0, 0.1) is 6.92 Å². The van der Waals surface area contributed by atoms with Crippen LogP contribution in [0.3, 0.4) is 0 Å². The average Bonchev–Trinajstić information content (AvgIpc) is 3.18. The molecule has 0 bridgehead atoms. The minimum absolute atomic E-state index is 0.545. The molecular formula is C22H19N3O. The normalized spacial score (nSPS) is 10.7. The van der Waals surface area contributed by atoms with Gasteiger partial charge in [-0.3, -0.25) is 4.98 Å². The van der Waals surface area contributed by atoms with Crippen molar-refractivity contribution >= 4 is 0 Å². The molecule has 2 aromatic carbocycles. The third-order valence-corrected chi connectivity index (χ3v) is 4.12. The van der Waals surface area contributed by atoms with Gasteiger partial charge in [0.15, 0.2) is 0 Å². The van der Waals surface area contributed by atoms with Crippen molar-refractivity contribution in [2.75, 3.05) is 0 Å². The highest BCUT2D eigenvalue weighted by Crippen LogP contribution is 2.22. The number of benzene rings is 2. The van der Waals surface area contributed by atoms with Gasteiger partial charge in [0.1, 0.15) is 12.4 Å². The molecule has 4 nitrogen and oxygen atoms in total. The van der Waals surface area contributed by atoms with Gasteiger partial charge in [0.05, 0.1) is 11.9 Å². The SMILES string of the molecule is Cc1cncc(-c2cnn(-c3cccc(OCc4ccccc4)c3)c2)c1. The number of aryl methyl sites for hydroxylation is 1. The maximum absolute atomic E-state index is 5.91. The third-order valence-electron chi connectivity index (χ3n) is 4.12. The van der Waals surface area contributed by atoms with Crippen LogP contribution < -0.4 is 4.74 Å². The smallest absolute Gasteiger partial charge is 0.121 e. The molecule has 0 saturated carbocycles. The summed E-state index contributed by atoms with van der Waals surface area (Å²) >= 11 is 0. The van der Waals surface area contributed by atoms with E-state index < -0.39 is 0 Å². The van der Waals surface area contributed by atoms with Gasteiger partial charge in [-0.2, -0.15) is 5.10 Å². The van der Waals surface area contributed by atoms with Crippen LogP contribution in [0.5, 0.6) is 5.75 Å². The quantitative estimate of drug-likeness (QED) is 0.522. The lowest BCUT2D eigenvalue weighted by molar-refractivity contribution is 0.306. The van der Waals surface area contributed by atoms with Crippen LogP contribution in [-0.2, 0) is 6.61 Å². The highest BCUT2D eigenvalue weighted by Gasteiger charge is 2.05. The molecule has 0 spiro atoms. The molecule has 0 atom stereocenters. The monoisotopic (exact) mass is 341 g/mol. The molecule has 128 valence electrons. The molecule has 0 aliphatic heterocycles. The summed E-state index contributed by atoms with van der Waals surface area (Å²) in [6, 6.07) is 20.2. The molecule has 26 heavy (non-hydrogen) atoms. The maximum Gasteiger partial charge on any atom is 0.121 e. The Morgan fingerprint density at radius 1 is 0.885 bits per heavy atom. The fourth-order valence-corrected chi connectivity index (χ4v) is 2.78. The van der Waals surface area contributed by atoms with Gasteiger partial charge in [0.25, 0.3) is 0 Å². The highest BCUT2D eigenvalue weighted by molar-refractivity contribution is 5.62. The second kappa shape index (κ2) is 7.23. The first-order chi connectivity index (χ1) is 12.8. The van der Waals surface area contributed by atoms with Gasteiger partial charge in [-0.1, -0.05) is 36.4 Å². The molecule has 0 aliphatic rings. The Labute approximate surface area is 152 Å². The topological polar surface area (TPSA) is 39.9 Å². The Morgan fingerprint density at radius 2 is 1.77 bits per heavy atom. The standard InChI is InChI=1S/C22H19N3O/c1-17-10-19(13-23-12-17)20-14-24-25(15-20)21-8-5-9-22(11-21)26-16-18-6-3-2-4-7-18/h2-15H,16H2,1H3. The van der Waals surface area contributed by atoms with Crippen molar-refractivity contribution in [2.24, 2.45) is 0 Å². The maximum atomic E-state index is 5.91. The van der Waals surface area contributed by atoms with Crippen LogP contribution in [0.4, 0.5) is 0 Å². The molecule has 0 aliphatic carbocycles. The molecular weight excluding hydrogens is 322 g/mol. The van der Waals surface area contributed by atoms with Gasteiger partial charge >= 0.3 is 0 Å². The molecule has 0 amide bonds. The van der Waals surface area contributed by atoms with E-state index in [1.807, 2.05) is 78.9 Å². The van der Waals surface area contributed by atoms with E-state index >= 15 is 0 Å². The predicted molar refractivity (Wildman–Crippen MR) is 102 cm³/mol. The summed E-state index contributed by atoms with van der Waals surface area (Å²) < 4.78 is 7.76. The number of hydrogen-bond acceptors (Lipinski definition) is 3. The van der Waals surface area contributed by atoms with Gasteiger partial charge in [0.2, 0.25) is 0 Å². The number of aromatic nitrogens is 3. The van der Waals surface area contributed by atoms with Crippen molar-refractivity contribution in [3.63, 3.8) is 0 Å². The van der Waals surface area contributed by atoms with E-state index in [2.05, 4.69) is 28.3 Å². The lowest BCUT2D eigenvalue weighted by Gasteiger charge is -2.08. The first-order valence-electron chi connectivity index (χ1n) is 8.52. The molecule has 2 heterocycles. The first-order valence-corrected chi connectivity index (χ1v) is 8.52. The average molecular weight is 341 g/mol. The molecule has 0 saturated heterocycles. The third kappa shape index (κ3) is 3.64. The van der Waals surface area contributed by atoms with Crippen molar-refractivity contribution in [2.45, 2.75) is 13.5 Å². The van der Waals surface area contributed by atoms with Crippen LogP contribution in [0.25, 0.3) is 16.8 Å². The summed E-state index contributed by atoms with van der Waals surface area (Å²) in [5.74, 6) is 0.820. The second-order valence-corrected chi connectivity index (χ2v) is 6.20. The Balaban J connectivity index is 1.53. The van der Waals surface area contributed by atoms with Gasteiger partial charge < -0.3 is 4.74 Å². The zero-order valence-electron chi connectivity index (χ0n) is 14.5. The lowest BCUT2D eigenvalue weighted by atomic mass is 10.1. The summed E-state index contributed by atoms with van der Waals surface area (Å²) in [5.41, 5.74) is 5.34. The Kier molecular flexibility index (Phi) is 4.48. The second-order valence-electron chi connectivity index (χ2n) is 6.20. The van der Waals surface area contributed by atoms with E-state index in [0.29, 0.717) is 6.61 Å². The van der Waals surface area contributed by atoms with E-state index in [4.69, 9.17) is 4.74 Å². The fourth-order valence-electron chi connectivity index (χ4n) is 2.78. The van der Waals surface area contributed by atoms with Gasteiger partial charge in [0, 0.05) is 35.8 Å². The van der Waals surface area contributed by atoms with Crippen molar-refractivity contribution < 1.29 is 4.74 Å². The molecule has 0 N–H and O–H groups in total. The van der Waals surface area contributed by atoms with Crippen LogP contribution in [-0.4, -0.2) is 14.8 Å². The minimum atomic E-state index is 0.545. The fraction of sp³-hybridized carbons (Fsp3) is 0.0909. The van der Waals surface area contributed by atoms with Gasteiger partial charge in [-0.15, -0.1) is 0 Å². The Hall–Kier alpha value is -3.40. The molecule has 2 aromatic heterocycles. The minimum Gasteiger partial charge on any atom is -0.489 e. The van der Waals surface area contributed by atoms with E-state index in [-0.39, 0.29) is 0 Å². The molecule has 0 radical (unpaired) electrons. The molecule has 4 aromatic rings. The van der Waals surface area contributed by atoms with Crippen LogP contribution in [0.15, 0.2) is 85.5 Å². The van der Waals surface area contributed by atoms with Gasteiger partial charge in [-0.25, -0.2) is 4.68 Å². The van der Waals surface area contributed by atoms with Crippen molar-refractivity contribution in [3.05, 3.63) is 96.6 Å². The number of nitrogens with zero attached hydrogens (tertiary/aromatic N) is 3. The van der Waals surface area contributed by atoms with Crippen molar-refractivity contribution in [3.8, 4) is 22.6 Å². The Bertz CT molecular complexity index is 1010. The largest absolute Gasteiger partial charge is 0.489 e.